The van der Waals surface area contributed by atoms with E-state index < -0.39 is 34.6 Å². The number of hydrogen-bond donors (Lipinski definition) is 3. The van der Waals surface area contributed by atoms with Crippen LogP contribution in [-0.4, -0.2) is 97.7 Å². The van der Waals surface area contributed by atoms with E-state index in [1.165, 1.54) is 0 Å². The number of aliphatic hydroxyl groups excluding tert-OH is 1. The zero-order valence-electron chi connectivity index (χ0n) is 21.4. The van der Waals surface area contributed by atoms with Gasteiger partial charge < -0.3 is 39.2 Å². The van der Waals surface area contributed by atoms with Crippen LogP contribution in [0.3, 0.4) is 0 Å². The molecule has 200 valence electrons. The zero-order chi connectivity index (χ0) is 26.3. The van der Waals surface area contributed by atoms with Crippen LogP contribution in [0, 0.1) is 0 Å². The van der Waals surface area contributed by atoms with Gasteiger partial charge in [-0.2, -0.15) is 0 Å². The van der Waals surface area contributed by atoms with Gasteiger partial charge in [-0.1, -0.05) is 0 Å². The second-order valence-corrected chi connectivity index (χ2v) is 9.91. The number of aliphatic hydroxyl groups is 1. The minimum atomic E-state index is -0.990. The molecule has 0 unspecified atom stereocenters. The van der Waals surface area contributed by atoms with Gasteiger partial charge in [0.15, 0.2) is 0 Å². The van der Waals surface area contributed by atoms with Gasteiger partial charge in [-0.15, -0.1) is 0 Å². The van der Waals surface area contributed by atoms with Gasteiger partial charge in [0, 0.05) is 6.54 Å². The number of hydrogen-bond acceptors (Lipinski definition) is 10. The lowest BCUT2D eigenvalue weighted by atomic mass is 10.0. The van der Waals surface area contributed by atoms with Crippen LogP contribution >= 0.6 is 0 Å². The fourth-order valence-electron chi connectivity index (χ4n) is 2.66. The lowest BCUT2D eigenvalue weighted by Crippen LogP contribution is -2.57. The molecule has 0 amide bonds. The summed E-state index contributed by atoms with van der Waals surface area (Å²) >= 11 is 0. The molecule has 3 N–H and O–H groups in total. The Morgan fingerprint density at radius 2 is 1.09 bits per heavy atom. The van der Waals surface area contributed by atoms with Crippen LogP contribution in [-0.2, 0) is 38.1 Å². The van der Waals surface area contributed by atoms with Crippen LogP contribution in [0.4, 0.5) is 0 Å². The van der Waals surface area contributed by atoms with Crippen molar-refractivity contribution in [3.63, 3.8) is 0 Å². The Kier molecular flexibility index (Phi) is 15.1. The highest BCUT2D eigenvalue weighted by Crippen LogP contribution is 2.12. The van der Waals surface area contributed by atoms with Crippen molar-refractivity contribution in [2.24, 2.45) is 0 Å². The Bertz CT molecular complexity index is 574. The lowest BCUT2D eigenvalue weighted by molar-refractivity contribution is -0.157. The van der Waals surface area contributed by atoms with Gasteiger partial charge >= 0.3 is 17.9 Å². The minimum Gasteiger partial charge on any atom is -0.481 e. The third kappa shape index (κ3) is 18.6. The van der Waals surface area contributed by atoms with Crippen LogP contribution in [0.25, 0.3) is 0 Å². The number of carboxylic acid groups (broad SMARTS) is 1. The molecule has 0 atom stereocenters. The standard InChI is InChI=1S/C23H43NO10/c1-21(2,3)33-19(28)8-13-31-16-23(24-10-11-25,15-30-12-7-18(26)27)17-32-14-9-20(29)34-22(4,5)6/h24-25H,7-17H2,1-6H3,(H,26,27). The molecule has 0 aliphatic carbocycles. The highest BCUT2D eigenvalue weighted by atomic mass is 16.6. The maximum absolute atomic E-state index is 11.9. The van der Waals surface area contributed by atoms with E-state index in [0.29, 0.717) is 0 Å². The van der Waals surface area contributed by atoms with Crippen molar-refractivity contribution in [3.05, 3.63) is 0 Å². The Morgan fingerprint density at radius 3 is 1.41 bits per heavy atom. The molecule has 0 saturated heterocycles. The summed E-state index contributed by atoms with van der Waals surface area (Å²) in [5.41, 5.74) is -2.13. The number of carbonyl (C=O) groups is 3. The largest absolute Gasteiger partial charge is 0.481 e. The number of carbonyl (C=O) groups excluding carboxylic acids is 2. The van der Waals surface area contributed by atoms with E-state index in [9.17, 15) is 19.5 Å². The SMILES string of the molecule is CC(C)(C)OC(=O)CCOCC(COCCC(=O)O)(COCCC(=O)OC(C)(C)C)NCCO. The molecule has 0 aromatic heterocycles. The van der Waals surface area contributed by atoms with Crippen LogP contribution in [0.2, 0.25) is 0 Å². The summed E-state index contributed by atoms with van der Waals surface area (Å²) in [6, 6.07) is 0. The fraction of sp³-hybridized carbons (Fsp3) is 0.870. The molecule has 0 heterocycles. The molecule has 0 fully saturated rings. The lowest BCUT2D eigenvalue weighted by Gasteiger charge is -2.34. The molecule has 0 rings (SSSR count). The van der Waals surface area contributed by atoms with Crippen molar-refractivity contribution in [1.82, 2.24) is 5.32 Å². The smallest absolute Gasteiger partial charge is 0.308 e. The van der Waals surface area contributed by atoms with Crippen molar-refractivity contribution in [3.8, 4) is 0 Å². The molecule has 34 heavy (non-hydrogen) atoms. The zero-order valence-corrected chi connectivity index (χ0v) is 21.4. The van der Waals surface area contributed by atoms with Gasteiger partial charge in [0.2, 0.25) is 0 Å². The Balaban J connectivity index is 4.95. The first kappa shape index (κ1) is 32.2. The molecular formula is C23H43NO10. The van der Waals surface area contributed by atoms with Gasteiger partial charge in [-0.3, -0.25) is 14.4 Å². The first-order valence-corrected chi connectivity index (χ1v) is 11.4. The Labute approximate surface area is 202 Å². The van der Waals surface area contributed by atoms with Crippen molar-refractivity contribution in [2.45, 2.75) is 77.5 Å². The summed E-state index contributed by atoms with van der Waals surface area (Å²) in [6.45, 7) is 11.0. The number of aliphatic carboxylic acids is 1. The number of nitrogens with one attached hydrogen (secondary N) is 1. The molecule has 0 aromatic rings. The van der Waals surface area contributed by atoms with E-state index in [0.717, 1.165) is 0 Å². The maximum Gasteiger partial charge on any atom is 0.308 e. The van der Waals surface area contributed by atoms with Crippen LogP contribution in [0.15, 0.2) is 0 Å². The summed E-state index contributed by atoms with van der Waals surface area (Å²) in [5.74, 6) is -1.78. The molecule has 0 saturated carbocycles. The molecule has 0 aliphatic heterocycles. The van der Waals surface area contributed by atoms with Gasteiger partial charge in [0.05, 0.1) is 71.0 Å². The third-order valence-corrected chi connectivity index (χ3v) is 3.95. The summed E-state index contributed by atoms with van der Waals surface area (Å²) in [6.07, 6.45) is -0.0749. The molecule has 11 nitrogen and oxygen atoms in total. The fourth-order valence-corrected chi connectivity index (χ4v) is 2.66. The molecular weight excluding hydrogens is 450 g/mol. The number of carboxylic acids is 1. The molecule has 0 aromatic carbocycles. The Hall–Kier alpha value is -1.79. The summed E-state index contributed by atoms with van der Waals surface area (Å²) in [7, 11) is 0. The molecule has 0 spiro atoms. The summed E-state index contributed by atoms with van der Waals surface area (Å²) < 4.78 is 27.4. The minimum absolute atomic E-state index is 0.0201. The van der Waals surface area contributed by atoms with Crippen molar-refractivity contribution >= 4 is 17.9 Å². The summed E-state index contributed by atoms with van der Waals surface area (Å²) in [5, 5.41) is 21.2. The van der Waals surface area contributed by atoms with E-state index in [4.69, 9.17) is 28.8 Å². The molecule has 0 bridgehead atoms. The highest BCUT2D eigenvalue weighted by molar-refractivity contribution is 5.70. The second kappa shape index (κ2) is 16.0. The first-order valence-electron chi connectivity index (χ1n) is 11.4. The van der Waals surface area contributed by atoms with E-state index in [2.05, 4.69) is 5.32 Å². The van der Waals surface area contributed by atoms with Crippen molar-refractivity contribution in [2.75, 3.05) is 52.8 Å². The van der Waals surface area contributed by atoms with Gasteiger partial charge in [0.1, 0.15) is 11.2 Å². The number of rotatable bonds is 18. The van der Waals surface area contributed by atoms with Crippen LogP contribution in [0.1, 0.15) is 60.8 Å². The van der Waals surface area contributed by atoms with Gasteiger partial charge in [-0.05, 0) is 41.5 Å². The predicted molar refractivity (Wildman–Crippen MR) is 123 cm³/mol. The van der Waals surface area contributed by atoms with Gasteiger partial charge in [-0.25, -0.2) is 0 Å². The molecule has 0 radical (unpaired) electrons. The van der Waals surface area contributed by atoms with Crippen LogP contribution < -0.4 is 5.32 Å². The average Bonchev–Trinajstić information content (AvgIpc) is 2.67. The molecule has 0 aliphatic rings. The quantitative estimate of drug-likeness (QED) is 0.187. The van der Waals surface area contributed by atoms with Crippen molar-refractivity contribution < 1.29 is 48.3 Å². The number of β-amino-alcohol motifs (C(OH)–C–C–N with tert-alkyl or cyclic N) is 1. The highest BCUT2D eigenvalue weighted by Gasteiger charge is 2.31. The predicted octanol–water partition coefficient (Wildman–Crippen LogP) is 1.30. The Morgan fingerprint density at radius 1 is 0.706 bits per heavy atom. The van der Waals surface area contributed by atoms with E-state index in [-0.39, 0.29) is 72.1 Å². The molecule has 11 heteroatoms. The summed E-state index contributed by atoms with van der Waals surface area (Å²) in [4.78, 5) is 34.6. The van der Waals surface area contributed by atoms with E-state index in [1.54, 1.807) is 41.5 Å². The van der Waals surface area contributed by atoms with E-state index >= 15 is 0 Å². The normalized spacial score (nSPS) is 12.4. The van der Waals surface area contributed by atoms with E-state index in [1.807, 2.05) is 0 Å². The maximum atomic E-state index is 11.9. The topological polar surface area (TPSA) is 150 Å². The first-order chi connectivity index (χ1) is 15.7. The van der Waals surface area contributed by atoms with Gasteiger partial charge in [0.25, 0.3) is 0 Å². The van der Waals surface area contributed by atoms with Crippen LogP contribution in [0.5, 0.6) is 0 Å². The monoisotopic (exact) mass is 493 g/mol. The second-order valence-electron chi connectivity index (χ2n) is 9.91. The third-order valence-electron chi connectivity index (χ3n) is 3.95. The van der Waals surface area contributed by atoms with Crippen molar-refractivity contribution in [1.29, 1.82) is 0 Å². The average molecular weight is 494 g/mol. The number of ether oxygens (including phenoxy) is 5. The number of esters is 2.